The molecule has 0 saturated carbocycles. The maximum atomic E-state index is 11.0. The molecule has 0 amide bonds. The Bertz CT molecular complexity index is 356. The van der Waals surface area contributed by atoms with Crippen LogP contribution in [0.1, 0.15) is 19.8 Å². The highest BCUT2D eigenvalue weighted by atomic mass is 16.5. The second kappa shape index (κ2) is 8.98. The summed E-state index contributed by atoms with van der Waals surface area (Å²) in [5, 5.41) is 8.25. The number of carboxylic acids is 1. The van der Waals surface area contributed by atoms with Gasteiger partial charge in [0.15, 0.2) is 0 Å². The van der Waals surface area contributed by atoms with Crippen molar-refractivity contribution < 1.29 is 29.0 Å². The molecular weight excluding hydrogens is 240 g/mol. The number of unbranched alkanes of at least 4 members (excludes halogenated alkanes) is 1. The molecule has 0 radical (unpaired) electrons. The van der Waals surface area contributed by atoms with Gasteiger partial charge in [-0.1, -0.05) is 6.58 Å². The normalized spacial score (nSPS) is 10.1. The van der Waals surface area contributed by atoms with Crippen LogP contribution in [0.5, 0.6) is 0 Å². The van der Waals surface area contributed by atoms with Crippen molar-refractivity contribution in [3.63, 3.8) is 0 Å². The number of ether oxygens (including phenoxy) is 2. The minimum atomic E-state index is -1.21. The maximum Gasteiger partial charge on any atom is 0.333 e. The molecule has 0 aliphatic carbocycles. The van der Waals surface area contributed by atoms with Crippen molar-refractivity contribution in [1.82, 2.24) is 0 Å². The molecule has 0 heterocycles. The molecule has 0 aromatic heterocycles. The Kier molecular flexibility index (Phi) is 7.92. The predicted molar refractivity (Wildman–Crippen MR) is 62.7 cm³/mol. The lowest BCUT2D eigenvalue weighted by atomic mass is 10.3. The van der Waals surface area contributed by atoms with E-state index in [-0.39, 0.29) is 13.2 Å². The smallest absolute Gasteiger partial charge is 0.333 e. The van der Waals surface area contributed by atoms with Crippen LogP contribution in [0.2, 0.25) is 0 Å². The minimum Gasteiger partial charge on any atom is -0.478 e. The van der Waals surface area contributed by atoms with Gasteiger partial charge in [0.05, 0.1) is 13.2 Å². The van der Waals surface area contributed by atoms with Gasteiger partial charge >= 0.3 is 17.9 Å². The molecule has 0 unspecified atom stereocenters. The molecule has 0 rings (SSSR count). The van der Waals surface area contributed by atoms with Gasteiger partial charge in [-0.15, -0.1) is 0 Å². The Labute approximate surface area is 105 Å². The van der Waals surface area contributed by atoms with Crippen LogP contribution in [0.25, 0.3) is 0 Å². The Morgan fingerprint density at radius 2 is 1.67 bits per heavy atom. The van der Waals surface area contributed by atoms with Gasteiger partial charge in [0, 0.05) is 17.7 Å². The molecular formula is C12H16O6. The SMILES string of the molecule is C=C(C)C(=O)OCCCCOC(=O)/C=C\C(=O)O. The standard InChI is InChI=1S/C12H16O6/c1-9(2)12(16)18-8-4-3-7-17-11(15)6-5-10(13)14/h5-6H,1,3-4,7-8H2,2H3,(H,13,14)/b6-5-. The monoisotopic (exact) mass is 256 g/mol. The van der Waals surface area contributed by atoms with Gasteiger partial charge in [0.25, 0.3) is 0 Å². The molecule has 0 spiro atoms. The fourth-order valence-electron chi connectivity index (χ4n) is 0.852. The zero-order chi connectivity index (χ0) is 14.0. The lowest BCUT2D eigenvalue weighted by Gasteiger charge is -2.04. The summed E-state index contributed by atoms with van der Waals surface area (Å²) in [6.07, 6.45) is 2.62. The molecule has 6 nitrogen and oxygen atoms in total. The Morgan fingerprint density at radius 3 is 2.17 bits per heavy atom. The third-order valence-electron chi connectivity index (χ3n) is 1.73. The van der Waals surface area contributed by atoms with Gasteiger partial charge in [0.2, 0.25) is 0 Å². The van der Waals surface area contributed by atoms with E-state index in [1.165, 1.54) is 0 Å². The number of carbonyl (C=O) groups excluding carboxylic acids is 2. The average Bonchev–Trinajstić information content (AvgIpc) is 2.30. The van der Waals surface area contributed by atoms with Gasteiger partial charge in [0.1, 0.15) is 0 Å². The maximum absolute atomic E-state index is 11.0. The van der Waals surface area contributed by atoms with E-state index >= 15 is 0 Å². The number of hydrogen-bond acceptors (Lipinski definition) is 5. The minimum absolute atomic E-state index is 0.146. The topological polar surface area (TPSA) is 89.9 Å². The van der Waals surface area contributed by atoms with Crippen LogP contribution in [0.15, 0.2) is 24.3 Å². The molecule has 0 aromatic carbocycles. The third kappa shape index (κ3) is 9.14. The molecule has 0 aliphatic heterocycles. The quantitative estimate of drug-likeness (QED) is 0.397. The van der Waals surface area contributed by atoms with Gasteiger partial charge in [-0.05, 0) is 19.8 Å². The molecule has 0 saturated heterocycles. The van der Waals surface area contributed by atoms with Crippen LogP contribution in [0, 0.1) is 0 Å². The van der Waals surface area contributed by atoms with Crippen molar-refractivity contribution in [3.8, 4) is 0 Å². The lowest BCUT2D eigenvalue weighted by Crippen LogP contribution is -2.08. The Morgan fingerprint density at radius 1 is 1.11 bits per heavy atom. The van der Waals surface area contributed by atoms with E-state index in [0.29, 0.717) is 24.5 Å². The highest BCUT2D eigenvalue weighted by Crippen LogP contribution is 1.96. The zero-order valence-corrected chi connectivity index (χ0v) is 10.2. The fourth-order valence-corrected chi connectivity index (χ4v) is 0.852. The van der Waals surface area contributed by atoms with E-state index in [1.807, 2.05) is 0 Å². The second-order valence-electron chi connectivity index (χ2n) is 3.46. The molecule has 6 heteroatoms. The summed E-state index contributed by atoms with van der Waals surface area (Å²) in [5.41, 5.74) is 0.334. The summed E-state index contributed by atoms with van der Waals surface area (Å²) in [5.74, 6) is -2.37. The van der Waals surface area contributed by atoms with Crippen molar-refractivity contribution in [3.05, 3.63) is 24.3 Å². The highest BCUT2D eigenvalue weighted by Gasteiger charge is 2.02. The van der Waals surface area contributed by atoms with E-state index in [0.717, 1.165) is 6.08 Å². The summed E-state index contributed by atoms with van der Waals surface area (Å²) in [6, 6.07) is 0. The summed E-state index contributed by atoms with van der Waals surface area (Å²) in [4.78, 5) is 32.0. The molecule has 0 atom stereocenters. The summed E-state index contributed by atoms with van der Waals surface area (Å²) in [6.45, 7) is 5.36. The number of carbonyl (C=O) groups is 3. The van der Waals surface area contributed by atoms with E-state index in [4.69, 9.17) is 14.6 Å². The molecule has 1 N–H and O–H groups in total. The second-order valence-corrected chi connectivity index (χ2v) is 3.46. The third-order valence-corrected chi connectivity index (χ3v) is 1.73. The molecule has 100 valence electrons. The van der Waals surface area contributed by atoms with Gasteiger partial charge in [-0.2, -0.15) is 0 Å². The van der Waals surface area contributed by atoms with Crippen molar-refractivity contribution in [2.45, 2.75) is 19.8 Å². The number of hydrogen-bond donors (Lipinski definition) is 1. The molecule has 0 bridgehead atoms. The zero-order valence-electron chi connectivity index (χ0n) is 10.2. The van der Waals surface area contributed by atoms with E-state index in [1.54, 1.807) is 6.92 Å². The Balaban J connectivity index is 3.52. The van der Waals surface area contributed by atoms with Crippen LogP contribution >= 0.6 is 0 Å². The highest BCUT2D eigenvalue weighted by molar-refractivity contribution is 5.90. The molecule has 0 aliphatic rings. The molecule has 0 fully saturated rings. The first-order chi connectivity index (χ1) is 8.43. The average molecular weight is 256 g/mol. The van der Waals surface area contributed by atoms with E-state index in [2.05, 4.69) is 6.58 Å². The van der Waals surface area contributed by atoms with Crippen LogP contribution < -0.4 is 0 Å². The van der Waals surface area contributed by atoms with E-state index in [9.17, 15) is 14.4 Å². The van der Waals surface area contributed by atoms with Crippen molar-refractivity contribution in [1.29, 1.82) is 0 Å². The van der Waals surface area contributed by atoms with Crippen LogP contribution in [-0.2, 0) is 23.9 Å². The first-order valence-electron chi connectivity index (χ1n) is 5.34. The Hall–Kier alpha value is -2.11. The van der Waals surface area contributed by atoms with Gasteiger partial charge < -0.3 is 14.6 Å². The van der Waals surface area contributed by atoms with Crippen molar-refractivity contribution in [2.24, 2.45) is 0 Å². The van der Waals surface area contributed by atoms with Crippen LogP contribution in [0.3, 0.4) is 0 Å². The van der Waals surface area contributed by atoms with Gasteiger partial charge in [-0.25, -0.2) is 14.4 Å². The predicted octanol–water partition coefficient (Wildman–Crippen LogP) is 1.07. The number of carboxylic acid groups (broad SMARTS) is 1. The van der Waals surface area contributed by atoms with E-state index < -0.39 is 17.9 Å². The van der Waals surface area contributed by atoms with Crippen LogP contribution in [0.4, 0.5) is 0 Å². The number of aliphatic carboxylic acids is 1. The fraction of sp³-hybridized carbons (Fsp3) is 0.417. The molecule has 0 aromatic rings. The van der Waals surface area contributed by atoms with Gasteiger partial charge in [-0.3, -0.25) is 0 Å². The summed E-state index contributed by atoms with van der Waals surface area (Å²) >= 11 is 0. The summed E-state index contributed by atoms with van der Waals surface area (Å²) < 4.78 is 9.52. The van der Waals surface area contributed by atoms with Crippen LogP contribution in [-0.4, -0.2) is 36.2 Å². The molecule has 18 heavy (non-hydrogen) atoms. The first-order valence-corrected chi connectivity index (χ1v) is 5.34. The van der Waals surface area contributed by atoms with Crippen molar-refractivity contribution >= 4 is 17.9 Å². The number of esters is 2. The largest absolute Gasteiger partial charge is 0.478 e. The van der Waals surface area contributed by atoms with Crippen molar-refractivity contribution in [2.75, 3.05) is 13.2 Å². The first kappa shape index (κ1) is 15.9. The number of rotatable bonds is 8. The summed E-state index contributed by atoms with van der Waals surface area (Å²) in [7, 11) is 0. The lowest BCUT2D eigenvalue weighted by molar-refractivity contribution is -0.141.